The second-order valence-electron chi connectivity index (χ2n) is 9.99. The molecule has 0 spiro atoms. The van der Waals surface area contributed by atoms with E-state index in [1.165, 1.54) is 70.2 Å². The zero-order valence-corrected chi connectivity index (χ0v) is 20.2. The van der Waals surface area contributed by atoms with E-state index in [1.807, 2.05) is 10.8 Å². The summed E-state index contributed by atoms with van der Waals surface area (Å²) in [5.74, 6) is 4.23. The quantitative estimate of drug-likeness (QED) is 0.418. The van der Waals surface area contributed by atoms with Gasteiger partial charge in [-0.25, -0.2) is 0 Å². The Morgan fingerprint density at radius 3 is 2.07 bits per heavy atom. The summed E-state index contributed by atoms with van der Waals surface area (Å²) in [4.78, 5) is 5.64. The van der Waals surface area contributed by atoms with Gasteiger partial charge in [0.2, 0.25) is 0 Å². The molecule has 4 atom stereocenters. The molecule has 0 saturated carbocycles. The molecule has 3 saturated heterocycles. The second kappa shape index (κ2) is 10.6. The highest BCUT2D eigenvalue weighted by molar-refractivity contribution is 8.76. The van der Waals surface area contributed by atoms with Crippen LogP contribution in [0.15, 0.2) is 0 Å². The molecule has 0 aliphatic carbocycles. The predicted molar refractivity (Wildman–Crippen MR) is 125 cm³/mol. The fraction of sp³-hybridized carbons (Fsp3) is 1.00. The van der Waals surface area contributed by atoms with Crippen molar-refractivity contribution < 1.29 is 0 Å². The molecule has 2 bridgehead atoms. The van der Waals surface area contributed by atoms with Crippen LogP contribution in [0, 0.1) is 17.8 Å². The lowest BCUT2D eigenvalue weighted by atomic mass is 9.79. The van der Waals surface area contributed by atoms with E-state index in [-0.39, 0.29) is 0 Å². The van der Waals surface area contributed by atoms with E-state index in [2.05, 4.69) is 54.5 Å². The first-order chi connectivity index (χ1) is 13.0. The number of fused-ring (bicyclic) bond motifs is 2. The van der Waals surface area contributed by atoms with Gasteiger partial charge in [0, 0.05) is 29.9 Å². The predicted octanol–water partition coefficient (Wildman–Crippen LogP) is 6.17. The van der Waals surface area contributed by atoms with Crippen LogP contribution in [0.1, 0.15) is 79.1 Å². The minimum absolute atomic E-state index is 0.746. The van der Waals surface area contributed by atoms with Crippen molar-refractivity contribution in [2.24, 2.45) is 17.8 Å². The summed E-state index contributed by atoms with van der Waals surface area (Å²) < 4.78 is 0. The van der Waals surface area contributed by atoms with Crippen LogP contribution < -0.4 is 0 Å². The molecular formula is C23H44N2S2. The van der Waals surface area contributed by atoms with Crippen LogP contribution in [0.2, 0.25) is 0 Å². The Kier molecular flexibility index (Phi) is 8.75. The number of hydrogen-bond donors (Lipinski definition) is 0. The van der Waals surface area contributed by atoms with Crippen LogP contribution in [0.3, 0.4) is 0 Å². The second-order valence-corrected chi connectivity index (χ2v) is 12.6. The third-order valence-electron chi connectivity index (χ3n) is 7.96. The molecule has 4 heteroatoms. The normalized spacial score (nSPS) is 32.9. The maximum Gasteiger partial charge on any atom is 0.0104 e. The molecule has 3 heterocycles. The van der Waals surface area contributed by atoms with Crippen LogP contribution >= 0.6 is 21.6 Å². The summed E-state index contributed by atoms with van der Waals surface area (Å²) >= 11 is 0. The van der Waals surface area contributed by atoms with Gasteiger partial charge in [0.25, 0.3) is 0 Å². The Bertz CT molecular complexity index is 422. The Labute approximate surface area is 177 Å². The highest BCUT2D eigenvalue weighted by Crippen LogP contribution is 2.43. The van der Waals surface area contributed by atoms with Crippen molar-refractivity contribution in [2.45, 2.75) is 103 Å². The molecule has 4 unspecified atom stereocenters. The summed E-state index contributed by atoms with van der Waals surface area (Å²) in [7, 11) is 3.99. The SMILES string of the molecule is CSSCC1CCN(C(C)CCC(C)C2CC3CCC(C2)N3C(C)C)CC1. The largest absolute Gasteiger partial charge is 0.301 e. The number of rotatable bonds is 9. The van der Waals surface area contributed by atoms with Crippen LogP contribution in [-0.4, -0.2) is 59.1 Å². The molecule has 3 rings (SSSR count). The van der Waals surface area contributed by atoms with Gasteiger partial charge in [0.15, 0.2) is 0 Å². The first kappa shape index (κ1) is 22.3. The molecule has 0 aromatic rings. The molecule has 0 radical (unpaired) electrons. The van der Waals surface area contributed by atoms with Gasteiger partial charge in [0.1, 0.15) is 0 Å². The van der Waals surface area contributed by atoms with Gasteiger partial charge >= 0.3 is 0 Å². The number of nitrogens with zero attached hydrogens (tertiary/aromatic N) is 2. The summed E-state index contributed by atoms with van der Waals surface area (Å²) in [6.07, 6.45) is 13.8. The van der Waals surface area contributed by atoms with E-state index in [9.17, 15) is 0 Å². The third kappa shape index (κ3) is 5.83. The maximum atomic E-state index is 2.85. The van der Waals surface area contributed by atoms with Crippen molar-refractivity contribution in [1.29, 1.82) is 0 Å². The van der Waals surface area contributed by atoms with Gasteiger partial charge in [0.05, 0.1) is 0 Å². The van der Waals surface area contributed by atoms with E-state index < -0.39 is 0 Å². The van der Waals surface area contributed by atoms with Crippen LogP contribution in [0.4, 0.5) is 0 Å². The average Bonchev–Trinajstić information content (AvgIpc) is 2.95. The molecule has 0 amide bonds. The molecule has 158 valence electrons. The standard InChI is InChI=1S/C23H44N2S2/c1-17(2)25-22-8-9-23(25)15-21(14-22)18(3)6-7-19(4)24-12-10-20(11-13-24)16-27-26-5/h17-23H,6-16H2,1-5H3. The van der Waals surface area contributed by atoms with E-state index in [0.717, 1.165) is 41.9 Å². The lowest BCUT2D eigenvalue weighted by Crippen LogP contribution is -2.47. The molecule has 3 fully saturated rings. The first-order valence-electron chi connectivity index (χ1n) is 11.7. The fourth-order valence-electron chi connectivity index (χ4n) is 6.21. The highest BCUT2D eigenvalue weighted by atomic mass is 33.1. The van der Waals surface area contributed by atoms with Crippen molar-refractivity contribution in [3.63, 3.8) is 0 Å². The molecule has 0 N–H and O–H groups in total. The minimum atomic E-state index is 0.746. The molecule has 2 nitrogen and oxygen atoms in total. The molecule has 0 aromatic carbocycles. The van der Waals surface area contributed by atoms with E-state index in [4.69, 9.17) is 0 Å². The average molecular weight is 413 g/mol. The smallest absolute Gasteiger partial charge is 0.0104 e. The minimum Gasteiger partial charge on any atom is -0.301 e. The van der Waals surface area contributed by atoms with Crippen molar-refractivity contribution in [3.8, 4) is 0 Å². The van der Waals surface area contributed by atoms with Gasteiger partial charge < -0.3 is 4.90 Å². The van der Waals surface area contributed by atoms with E-state index in [0.29, 0.717) is 0 Å². The number of likely N-dealkylation sites (tertiary alicyclic amines) is 1. The van der Waals surface area contributed by atoms with Gasteiger partial charge in [-0.1, -0.05) is 28.5 Å². The zero-order chi connectivity index (χ0) is 19.4. The third-order valence-corrected chi connectivity index (χ3v) is 9.92. The number of hydrogen-bond acceptors (Lipinski definition) is 4. The van der Waals surface area contributed by atoms with Crippen LogP contribution in [-0.2, 0) is 0 Å². The molecular weight excluding hydrogens is 368 g/mol. The topological polar surface area (TPSA) is 6.48 Å². The molecule has 3 aliphatic rings. The van der Waals surface area contributed by atoms with E-state index >= 15 is 0 Å². The molecule has 0 aromatic heterocycles. The van der Waals surface area contributed by atoms with Crippen LogP contribution in [0.25, 0.3) is 0 Å². The van der Waals surface area contributed by atoms with Gasteiger partial charge in [-0.2, -0.15) is 0 Å². The Hall–Kier alpha value is 0.620. The lowest BCUT2D eigenvalue weighted by molar-refractivity contribution is 0.0516. The number of piperidine rings is 2. The van der Waals surface area contributed by atoms with Crippen molar-refractivity contribution in [2.75, 3.05) is 25.1 Å². The van der Waals surface area contributed by atoms with Crippen LogP contribution in [0.5, 0.6) is 0 Å². The summed E-state index contributed by atoms with van der Waals surface area (Å²) in [6.45, 7) is 12.5. The maximum absolute atomic E-state index is 2.85. The Morgan fingerprint density at radius 2 is 1.52 bits per heavy atom. The lowest BCUT2D eigenvalue weighted by Gasteiger charge is -2.43. The summed E-state index contributed by atoms with van der Waals surface area (Å²) in [5, 5.41) is 0. The van der Waals surface area contributed by atoms with Crippen molar-refractivity contribution in [3.05, 3.63) is 0 Å². The summed E-state index contributed by atoms with van der Waals surface area (Å²) in [6, 6.07) is 3.32. The molecule has 27 heavy (non-hydrogen) atoms. The Morgan fingerprint density at radius 1 is 0.889 bits per heavy atom. The van der Waals surface area contributed by atoms with E-state index in [1.54, 1.807) is 0 Å². The van der Waals surface area contributed by atoms with Gasteiger partial charge in [-0.05, 0) is 109 Å². The monoisotopic (exact) mass is 412 g/mol. The van der Waals surface area contributed by atoms with Crippen molar-refractivity contribution >= 4 is 21.6 Å². The van der Waals surface area contributed by atoms with Crippen molar-refractivity contribution in [1.82, 2.24) is 9.80 Å². The first-order valence-corrected chi connectivity index (χ1v) is 14.4. The van der Waals surface area contributed by atoms with Gasteiger partial charge in [-0.3, -0.25) is 4.90 Å². The Balaban J connectivity index is 1.38. The van der Waals surface area contributed by atoms with Gasteiger partial charge in [-0.15, -0.1) is 0 Å². The fourth-order valence-corrected chi connectivity index (χ4v) is 7.86. The summed E-state index contributed by atoms with van der Waals surface area (Å²) in [5.41, 5.74) is 0. The highest BCUT2D eigenvalue weighted by Gasteiger charge is 2.42. The molecule has 3 aliphatic heterocycles. The zero-order valence-electron chi connectivity index (χ0n) is 18.5.